The Kier molecular flexibility index (Phi) is 3.91. The molecular formula is C11H20O2. The van der Waals surface area contributed by atoms with Gasteiger partial charge in [-0.05, 0) is 19.3 Å². The van der Waals surface area contributed by atoms with Crippen LogP contribution in [0.25, 0.3) is 0 Å². The van der Waals surface area contributed by atoms with Gasteiger partial charge in [0.1, 0.15) is 5.78 Å². The van der Waals surface area contributed by atoms with Crippen LogP contribution in [0, 0.1) is 11.8 Å². The standard InChI is InChI=1S/C11H20O2/c1-4-10-7-9(5-6-13-10)11(12)8(2)3/h8-10H,4-7H2,1-3H3. The van der Waals surface area contributed by atoms with E-state index >= 15 is 0 Å². The summed E-state index contributed by atoms with van der Waals surface area (Å²) in [4.78, 5) is 11.7. The molecule has 0 aromatic heterocycles. The number of Topliss-reactive ketones (excluding diaryl/α,β-unsaturated/α-hetero) is 1. The van der Waals surface area contributed by atoms with E-state index in [1.165, 1.54) is 0 Å². The van der Waals surface area contributed by atoms with Crippen molar-refractivity contribution in [3.63, 3.8) is 0 Å². The monoisotopic (exact) mass is 184 g/mol. The highest BCUT2D eigenvalue weighted by Gasteiger charge is 2.27. The molecule has 1 heterocycles. The minimum absolute atomic E-state index is 0.181. The predicted octanol–water partition coefficient (Wildman–Crippen LogP) is 2.42. The van der Waals surface area contributed by atoms with Gasteiger partial charge in [-0.3, -0.25) is 4.79 Å². The van der Waals surface area contributed by atoms with E-state index in [4.69, 9.17) is 4.74 Å². The molecule has 0 radical (unpaired) electrons. The Labute approximate surface area is 80.7 Å². The van der Waals surface area contributed by atoms with Crippen LogP contribution in [0.1, 0.15) is 40.0 Å². The van der Waals surface area contributed by atoms with Crippen LogP contribution in [-0.4, -0.2) is 18.5 Å². The van der Waals surface area contributed by atoms with E-state index < -0.39 is 0 Å². The lowest BCUT2D eigenvalue weighted by Crippen LogP contribution is -2.31. The van der Waals surface area contributed by atoms with Crippen LogP contribution < -0.4 is 0 Å². The summed E-state index contributed by atoms with van der Waals surface area (Å²) >= 11 is 0. The van der Waals surface area contributed by atoms with E-state index in [-0.39, 0.29) is 11.8 Å². The second-order valence-electron chi connectivity index (χ2n) is 4.18. The third kappa shape index (κ3) is 2.80. The molecule has 0 spiro atoms. The van der Waals surface area contributed by atoms with Gasteiger partial charge in [-0.15, -0.1) is 0 Å². The van der Waals surface area contributed by atoms with Crippen molar-refractivity contribution in [3.8, 4) is 0 Å². The molecule has 2 unspecified atom stereocenters. The fraction of sp³-hybridized carbons (Fsp3) is 0.909. The minimum Gasteiger partial charge on any atom is -0.378 e. The largest absolute Gasteiger partial charge is 0.378 e. The molecule has 13 heavy (non-hydrogen) atoms. The Morgan fingerprint density at radius 2 is 2.23 bits per heavy atom. The molecule has 1 fully saturated rings. The summed E-state index contributed by atoms with van der Waals surface area (Å²) in [7, 11) is 0. The van der Waals surface area contributed by atoms with Crippen LogP contribution in [-0.2, 0) is 9.53 Å². The number of hydrogen-bond acceptors (Lipinski definition) is 2. The summed E-state index contributed by atoms with van der Waals surface area (Å²) in [6.45, 7) is 6.85. The van der Waals surface area contributed by atoms with Gasteiger partial charge in [0.25, 0.3) is 0 Å². The normalized spacial score (nSPS) is 29.2. The topological polar surface area (TPSA) is 26.3 Å². The van der Waals surface area contributed by atoms with Gasteiger partial charge in [0.2, 0.25) is 0 Å². The van der Waals surface area contributed by atoms with Crippen molar-refractivity contribution in [1.29, 1.82) is 0 Å². The second kappa shape index (κ2) is 4.75. The Balaban J connectivity index is 2.46. The van der Waals surface area contributed by atoms with Gasteiger partial charge in [-0.2, -0.15) is 0 Å². The molecule has 2 nitrogen and oxygen atoms in total. The summed E-state index contributed by atoms with van der Waals surface area (Å²) in [5, 5.41) is 0. The number of rotatable bonds is 3. The van der Waals surface area contributed by atoms with Crippen LogP contribution >= 0.6 is 0 Å². The third-order valence-electron chi connectivity index (χ3n) is 2.79. The zero-order chi connectivity index (χ0) is 9.84. The smallest absolute Gasteiger partial charge is 0.138 e. The van der Waals surface area contributed by atoms with Crippen molar-refractivity contribution < 1.29 is 9.53 Å². The van der Waals surface area contributed by atoms with Crippen LogP contribution in [0.2, 0.25) is 0 Å². The average Bonchev–Trinajstić information content (AvgIpc) is 2.16. The Hall–Kier alpha value is -0.370. The molecule has 76 valence electrons. The van der Waals surface area contributed by atoms with Crippen LogP contribution in [0.5, 0.6) is 0 Å². The Morgan fingerprint density at radius 1 is 1.54 bits per heavy atom. The van der Waals surface area contributed by atoms with Crippen molar-refractivity contribution in [2.45, 2.75) is 46.1 Å². The van der Waals surface area contributed by atoms with Gasteiger partial charge in [-0.25, -0.2) is 0 Å². The molecular weight excluding hydrogens is 164 g/mol. The van der Waals surface area contributed by atoms with Gasteiger partial charge in [0.05, 0.1) is 6.10 Å². The lowest BCUT2D eigenvalue weighted by Gasteiger charge is -2.28. The van der Waals surface area contributed by atoms with Crippen LogP contribution in [0.4, 0.5) is 0 Å². The van der Waals surface area contributed by atoms with Crippen molar-refractivity contribution in [2.24, 2.45) is 11.8 Å². The first-order valence-corrected chi connectivity index (χ1v) is 5.30. The molecule has 0 bridgehead atoms. The second-order valence-corrected chi connectivity index (χ2v) is 4.18. The zero-order valence-electron chi connectivity index (χ0n) is 8.88. The number of hydrogen-bond donors (Lipinski definition) is 0. The van der Waals surface area contributed by atoms with Crippen LogP contribution in [0.15, 0.2) is 0 Å². The van der Waals surface area contributed by atoms with E-state index in [1.807, 2.05) is 13.8 Å². The van der Waals surface area contributed by atoms with Crippen LogP contribution in [0.3, 0.4) is 0 Å². The van der Waals surface area contributed by atoms with E-state index in [0.29, 0.717) is 11.9 Å². The van der Waals surface area contributed by atoms with Crippen molar-refractivity contribution in [1.82, 2.24) is 0 Å². The van der Waals surface area contributed by atoms with E-state index in [0.717, 1.165) is 25.9 Å². The van der Waals surface area contributed by atoms with Crippen molar-refractivity contribution in [3.05, 3.63) is 0 Å². The first-order valence-electron chi connectivity index (χ1n) is 5.30. The summed E-state index contributed by atoms with van der Waals surface area (Å²) in [5.41, 5.74) is 0. The van der Waals surface area contributed by atoms with Crippen molar-refractivity contribution >= 4 is 5.78 Å². The lowest BCUT2D eigenvalue weighted by atomic mass is 9.86. The Bertz CT molecular complexity index is 175. The first-order chi connectivity index (χ1) is 6.15. The SMILES string of the molecule is CCC1CC(C(=O)C(C)C)CCO1. The van der Waals surface area contributed by atoms with Crippen molar-refractivity contribution in [2.75, 3.05) is 6.61 Å². The molecule has 0 N–H and O–H groups in total. The molecule has 2 atom stereocenters. The van der Waals surface area contributed by atoms with E-state index in [1.54, 1.807) is 0 Å². The lowest BCUT2D eigenvalue weighted by molar-refractivity contribution is -0.130. The maximum Gasteiger partial charge on any atom is 0.138 e. The quantitative estimate of drug-likeness (QED) is 0.673. The molecule has 0 aliphatic carbocycles. The number of carbonyl (C=O) groups is 1. The van der Waals surface area contributed by atoms with Gasteiger partial charge < -0.3 is 4.74 Å². The van der Waals surface area contributed by atoms with Gasteiger partial charge >= 0.3 is 0 Å². The predicted molar refractivity (Wildman–Crippen MR) is 52.6 cm³/mol. The molecule has 1 rings (SSSR count). The molecule has 0 amide bonds. The van der Waals surface area contributed by atoms with E-state index in [9.17, 15) is 4.79 Å². The average molecular weight is 184 g/mol. The summed E-state index contributed by atoms with van der Waals surface area (Å²) in [6, 6.07) is 0. The highest BCUT2D eigenvalue weighted by atomic mass is 16.5. The molecule has 0 aromatic rings. The first kappa shape index (κ1) is 10.7. The molecule has 0 aromatic carbocycles. The minimum atomic E-state index is 0.181. The fourth-order valence-corrected chi connectivity index (χ4v) is 1.89. The maximum atomic E-state index is 11.7. The maximum absolute atomic E-state index is 11.7. The molecule has 1 saturated heterocycles. The summed E-state index contributed by atoms with van der Waals surface area (Å²) in [6.07, 6.45) is 3.21. The Morgan fingerprint density at radius 3 is 2.77 bits per heavy atom. The third-order valence-corrected chi connectivity index (χ3v) is 2.79. The summed E-state index contributed by atoms with van der Waals surface area (Å²) in [5.74, 6) is 0.862. The fourth-order valence-electron chi connectivity index (χ4n) is 1.89. The number of carbonyl (C=O) groups excluding carboxylic acids is 1. The molecule has 1 aliphatic rings. The van der Waals surface area contributed by atoms with Gasteiger partial charge in [0.15, 0.2) is 0 Å². The number of ketones is 1. The summed E-state index contributed by atoms with van der Waals surface area (Å²) < 4.78 is 5.54. The number of ether oxygens (including phenoxy) is 1. The van der Waals surface area contributed by atoms with Gasteiger partial charge in [0, 0.05) is 18.4 Å². The van der Waals surface area contributed by atoms with E-state index in [2.05, 4.69) is 6.92 Å². The van der Waals surface area contributed by atoms with Gasteiger partial charge in [-0.1, -0.05) is 20.8 Å². The molecule has 2 heteroatoms. The molecule has 1 aliphatic heterocycles. The highest BCUT2D eigenvalue weighted by molar-refractivity contribution is 5.82. The zero-order valence-corrected chi connectivity index (χ0v) is 8.88. The molecule has 0 saturated carbocycles. The highest BCUT2D eigenvalue weighted by Crippen LogP contribution is 2.24.